The molecule has 0 spiro atoms. The largest absolute Gasteiger partial charge is 0.385 e. The number of hydrogen-bond donors (Lipinski definition) is 1. The maximum atomic E-state index is 10.5. The Balaban J connectivity index is 1.57. The lowest BCUT2D eigenvalue weighted by molar-refractivity contribution is 0.0492. The zero-order valence-electron chi connectivity index (χ0n) is 12.7. The Morgan fingerprint density at radius 1 is 1.36 bits per heavy atom. The quantitative estimate of drug-likeness (QED) is 0.940. The molecule has 0 aliphatic carbocycles. The van der Waals surface area contributed by atoms with Gasteiger partial charge in [0.25, 0.3) is 0 Å². The van der Waals surface area contributed by atoms with Crippen molar-refractivity contribution >= 4 is 11.6 Å². The third-order valence-corrected chi connectivity index (χ3v) is 4.79. The molecule has 0 bridgehead atoms. The number of halogens is 1. The Labute approximate surface area is 135 Å². The van der Waals surface area contributed by atoms with Crippen LogP contribution in [0.3, 0.4) is 0 Å². The van der Waals surface area contributed by atoms with Crippen LogP contribution >= 0.6 is 11.6 Å². The molecule has 118 valence electrons. The fourth-order valence-electron chi connectivity index (χ4n) is 3.07. The Morgan fingerprint density at radius 2 is 2.14 bits per heavy atom. The number of aromatic nitrogens is 3. The first kappa shape index (κ1) is 15.5. The van der Waals surface area contributed by atoms with Crippen molar-refractivity contribution in [1.82, 2.24) is 19.4 Å². The zero-order chi connectivity index (χ0) is 15.5. The average Bonchev–Trinajstić information content (AvgIpc) is 2.96. The molecule has 1 N–H and O–H groups in total. The molecule has 1 aliphatic rings. The molecule has 0 saturated carbocycles. The number of nitrogens with zero attached hydrogens (tertiary/aromatic N) is 4. The van der Waals surface area contributed by atoms with Crippen LogP contribution in [-0.4, -0.2) is 37.6 Å². The monoisotopic (exact) mass is 320 g/mol. The molecule has 5 nitrogen and oxygen atoms in total. The molecular weight excluding hydrogens is 300 g/mol. The smallest absolute Gasteiger partial charge is 0.137 e. The predicted molar refractivity (Wildman–Crippen MR) is 85.4 cm³/mol. The predicted octanol–water partition coefficient (Wildman–Crippen LogP) is 2.41. The highest BCUT2D eigenvalue weighted by molar-refractivity contribution is 6.31. The summed E-state index contributed by atoms with van der Waals surface area (Å²) >= 11 is 6.17. The Bertz CT molecular complexity index is 622. The number of imidazole rings is 1. The highest BCUT2D eigenvalue weighted by Crippen LogP contribution is 2.30. The van der Waals surface area contributed by atoms with Gasteiger partial charge in [0, 0.05) is 38.4 Å². The molecule has 1 saturated heterocycles. The van der Waals surface area contributed by atoms with Gasteiger partial charge < -0.3 is 9.67 Å². The van der Waals surface area contributed by atoms with Crippen molar-refractivity contribution < 1.29 is 5.11 Å². The van der Waals surface area contributed by atoms with E-state index in [1.807, 2.05) is 23.9 Å². The fraction of sp³-hybridized carbons (Fsp3) is 0.500. The van der Waals surface area contributed by atoms with E-state index in [-0.39, 0.29) is 5.92 Å². The number of aliphatic hydroxyl groups excluding tert-OH is 1. The van der Waals surface area contributed by atoms with Crippen LogP contribution in [0.1, 0.15) is 30.3 Å². The molecule has 1 fully saturated rings. The number of aliphatic hydroxyl groups is 1. The molecule has 2 aromatic heterocycles. The van der Waals surface area contributed by atoms with Crippen molar-refractivity contribution in [2.75, 3.05) is 13.1 Å². The molecule has 1 aliphatic heterocycles. The van der Waals surface area contributed by atoms with Gasteiger partial charge in [-0.1, -0.05) is 11.6 Å². The van der Waals surface area contributed by atoms with Crippen molar-refractivity contribution in [3.05, 3.63) is 47.3 Å². The summed E-state index contributed by atoms with van der Waals surface area (Å²) in [6.45, 7) is 2.77. The van der Waals surface area contributed by atoms with E-state index in [1.54, 1.807) is 18.6 Å². The van der Waals surface area contributed by atoms with Crippen LogP contribution in [0.2, 0.25) is 5.02 Å². The van der Waals surface area contributed by atoms with Gasteiger partial charge in [0.2, 0.25) is 0 Å². The second kappa shape index (κ2) is 6.77. The maximum Gasteiger partial charge on any atom is 0.137 e. The van der Waals surface area contributed by atoms with Gasteiger partial charge in [-0.2, -0.15) is 0 Å². The first-order valence-electron chi connectivity index (χ1n) is 7.61. The minimum Gasteiger partial charge on any atom is -0.385 e. The number of pyridine rings is 1. The Kier molecular flexibility index (Phi) is 4.76. The molecule has 0 aromatic carbocycles. The van der Waals surface area contributed by atoms with Gasteiger partial charge in [-0.15, -0.1) is 0 Å². The lowest BCUT2D eigenvalue weighted by Gasteiger charge is -2.34. The van der Waals surface area contributed by atoms with Crippen molar-refractivity contribution in [3.8, 4) is 0 Å². The van der Waals surface area contributed by atoms with Crippen LogP contribution < -0.4 is 0 Å². The summed E-state index contributed by atoms with van der Waals surface area (Å²) in [7, 11) is 1.92. The Morgan fingerprint density at radius 3 is 2.77 bits per heavy atom. The van der Waals surface area contributed by atoms with Gasteiger partial charge >= 0.3 is 0 Å². The summed E-state index contributed by atoms with van der Waals surface area (Å²) in [5.74, 6) is 1.03. The first-order valence-corrected chi connectivity index (χ1v) is 7.99. The van der Waals surface area contributed by atoms with Crippen LogP contribution in [0.15, 0.2) is 30.9 Å². The second-order valence-electron chi connectivity index (χ2n) is 5.92. The molecule has 6 heteroatoms. The number of piperidine rings is 1. The van der Waals surface area contributed by atoms with E-state index >= 15 is 0 Å². The standard InChI is InChI=1S/C16H21ClN4O/c1-20-9-6-19-16(20)15(22)12-3-7-21(8-4-12)11-13-2-5-18-10-14(13)17/h2,5-6,9-10,12,15,22H,3-4,7-8,11H2,1H3. The number of aryl methyl sites for hydroxylation is 1. The van der Waals surface area contributed by atoms with E-state index in [4.69, 9.17) is 11.6 Å². The zero-order valence-corrected chi connectivity index (χ0v) is 13.4. The lowest BCUT2D eigenvalue weighted by atomic mass is 9.90. The SMILES string of the molecule is Cn1ccnc1C(O)C1CCN(Cc2ccncc2Cl)CC1. The number of hydrogen-bond acceptors (Lipinski definition) is 4. The number of rotatable bonds is 4. The molecule has 3 heterocycles. The fourth-order valence-corrected chi connectivity index (χ4v) is 3.25. The van der Waals surface area contributed by atoms with Gasteiger partial charge in [0.1, 0.15) is 11.9 Å². The summed E-state index contributed by atoms with van der Waals surface area (Å²) in [4.78, 5) is 10.7. The van der Waals surface area contributed by atoms with E-state index in [0.717, 1.165) is 48.9 Å². The van der Waals surface area contributed by atoms with Gasteiger partial charge in [0.05, 0.1) is 5.02 Å². The molecule has 3 rings (SSSR count). The second-order valence-corrected chi connectivity index (χ2v) is 6.33. The van der Waals surface area contributed by atoms with E-state index < -0.39 is 6.10 Å². The number of likely N-dealkylation sites (tertiary alicyclic amines) is 1. The van der Waals surface area contributed by atoms with Gasteiger partial charge in [-0.05, 0) is 43.5 Å². The minimum absolute atomic E-state index is 0.269. The molecule has 1 unspecified atom stereocenters. The van der Waals surface area contributed by atoms with Crippen molar-refractivity contribution in [2.45, 2.75) is 25.5 Å². The summed E-state index contributed by atoms with van der Waals surface area (Å²) in [5, 5.41) is 11.2. The summed E-state index contributed by atoms with van der Waals surface area (Å²) < 4.78 is 1.90. The topological polar surface area (TPSA) is 54.2 Å². The first-order chi connectivity index (χ1) is 10.6. The Hall–Kier alpha value is -1.43. The van der Waals surface area contributed by atoms with E-state index in [1.165, 1.54) is 0 Å². The van der Waals surface area contributed by atoms with Gasteiger partial charge in [0.15, 0.2) is 0 Å². The third kappa shape index (κ3) is 3.32. The summed E-state index contributed by atoms with van der Waals surface area (Å²) in [6, 6.07) is 1.97. The van der Waals surface area contributed by atoms with Crippen molar-refractivity contribution in [3.63, 3.8) is 0 Å². The van der Waals surface area contributed by atoms with E-state index in [9.17, 15) is 5.11 Å². The lowest BCUT2D eigenvalue weighted by Crippen LogP contribution is -2.35. The highest BCUT2D eigenvalue weighted by atomic mass is 35.5. The minimum atomic E-state index is -0.480. The molecule has 0 amide bonds. The van der Waals surface area contributed by atoms with Crippen molar-refractivity contribution in [2.24, 2.45) is 13.0 Å². The van der Waals surface area contributed by atoms with Crippen LogP contribution in [-0.2, 0) is 13.6 Å². The molecule has 22 heavy (non-hydrogen) atoms. The van der Waals surface area contributed by atoms with Crippen LogP contribution in [0.4, 0.5) is 0 Å². The van der Waals surface area contributed by atoms with Crippen LogP contribution in [0.25, 0.3) is 0 Å². The molecule has 0 radical (unpaired) electrons. The van der Waals surface area contributed by atoms with Crippen LogP contribution in [0, 0.1) is 5.92 Å². The highest BCUT2D eigenvalue weighted by Gasteiger charge is 2.28. The summed E-state index contributed by atoms with van der Waals surface area (Å²) in [5.41, 5.74) is 1.11. The van der Waals surface area contributed by atoms with Gasteiger partial charge in [-0.3, -0.25) is 9.88 Å². The molecular formula is C16H21ClN4O. The normalized spacial score (nSPS) is 18.5. The molecule has 1 atom stereocenters. The van der Waals surface area contributed by atoms with Gasteiger partial charge in [-0.25, -0.2) is 4.98 Å². The maximum absolute atomic E-state index is 10.5. The van der Waals surface area contributed by atoms with Crippen molar-refractivity contribution in [1.29, 1.82) is 0 Å². The van der Waals surface area contributed by atoms with E-state index in [2.05, 4.69) is 14.9 Å². The molecule has 2 aromatic rings. The summed E-state index contributed by atoms with van der Waals surface area (Å²) in [6.07, 6.45) is 8.53. The van der Waals surface area contributed by atoms with E-state index in [0.29, 0.717) is 0 Å². The third-order valence-electron chi connectivity index (χ3n) is 4.45. The van der Waals surface area contributed by atoms with Crippen LogP contribution in [0.5, 0.6) is 0 Å². The average molecular weight is 321 g/mol.